The van der Waals surface area contributed by atoms with Crippen LogP contribution in [0, 0.1) is 13.8 Å². The topological polar surface area (TPSA) is 68.6 Å². The fourth-order valence-electron chi connectivity index (χ4n) is 2.72. The first-order valence-electron chi connectivity index (χ1n) is 7.98. The second-order valence-electron chi connectivity index (χ2n) is 5.89. The van der Waals surface area contributed by atoms with E-state index < -0.39 is 0 Å². The number of ether oxygens (including phenoxy) is 1. The molecular weight excluding hydrogens is 318 g/mol. The molecule has 2 aromatic carbocycles. The van der Waals surface area contributed by atoms with E-state index in [1.807, 2.05) is 50.2 Å². The smallest absolute Gasteiger partial charge is 0.226 e. The van der Waals surface area contributed by atoms with Gasteiger partial charge in [-0.25, -0.2) is 4.98 Å². The molecule has 0 atom stereocenters. The summed E-state index contributed by atoms with van der Waals surface area (Å²) in [4.78, 5) is 4.50. The average molecular weight is 335 g/mol. The fraction of sp³-hybridized carbons (Fsp3) is 0.150. The van der Waals surface area contributed by atoms with Gasteiger partial charge >= 0.3 is 0 Å². The lowest BCUT2D eigenvalue weighted by molar-refractivity contribution is 0.284. The molecule has 0 saturated carbocycles. The first-order valence-corrected chi connectivity index (χ1v) is 7.98. The van der Waals surface area contributed by atoms with Crippen LogP contribution in [0.4, 0.5) is 0 Å². The Bertz CT molecular complexity index is 1030. The number of oxazole rings is 1. The summed E-state index contributed by atoms with van der Waals surface area (Å²) in [5.74, 6) is 2.45. The average Bonchev–Trinajstić information content (AvgIpc) is 3.15. The first-order chi connectivity index (χ1) is 12.1. The molecule has 4 aromatic rings. The van der Waals surface area contributed by atoms with Crippen molar-refractivity contribution < 1.29 is 18.7 Å². The second-order valence-corrected chi connectivity index (χ2v) is 5.89. The van der Waals surface area contributed by atoms with Crippen LogP contribution in [-0.2, 0) is 6.61 Å². The molecule has 2 aromatic heterocycles. The van der Waals surface area contributed by atoms with Crippen LogP contribution in [0.1, 0.15) is 17.2 Å². The number of nitrogens with zero attached hydrogens (tertiary/aromatic N) is 1. The van der Waals surface area contributed by atoms with Gasteiger partial charge in [0.05, 0.1) is 0 Å². The molecule has 0 aliphatic heterocycles. The highest BCUT2D eigenvalue weighted by Gasteiger charge is 2.14. The van der Waals surface area contributed by atoms with E-state index >= 15 is 0 Å². The first kappa shape index (κ1) is 15.3. The third-order valence-corrected chi connectivity index (χ3v) is 4.00. The van der Waals surface area contributed by atoms with E-state index in [0.717, 1.165) is 16.7 Å². The maximum absolute atomic E-state index is 10.1. The second kappa shape index (κ2) is 6.02. The molecule has 0 radical (unpaired) electrons. The number of furan rings is 1. The Balaban J connectivity index is 1.57. The Morgan fingerprint density at radius 3 is 2.64 bits per heavy atom. The van der Waals surface area contributed by atoms with Gasteiger partial charge in [0.25, 0.3) is 0 Å². The van der Waals surface area contributed by atoms with E-state index in [1.165, 1.54) is 0 Å². The summed E-state index contributed by atoms with van der Waals surface area (Å²) in [6.45, 7) is 3.92. The van der Waals surface area contributed by atoms with Gasteiger partial charge in [0.2, 0.25) is 5.89 Å². The van der Waals surface area contributed by atoms with Crippen LogP contribution in [0.2, 0.25) is 0 Å². The lowest BCUT2D eigenvalue weighted by Gasteiger charge is -2.06. The number of phenolic OH excluding ortho intramolecular Hbond substituents is 1. The van der Waals surface area contributed by atoms with Crippen LogP contribution in [0.5, 0.6) is 11.5 Å². The van der Waals surface area contributed by atoms with Crippen molar-refractivity contribution in [3.63, 3.8) is 0 Å². The molecule has 5 heteroatoms. The van der Waals surface area contributed by atoms with Crippen molar-refractivity contribution in [3.8, 4) is 23.0 Å². The van der Waals surface area contributed by atoms with Crippen molar-refractivity contribution >= 4 is 11.0 Å². The van der Waals surface area contributed by atoms with Gasteiger partial charge in [-0.1, -0.05) is 18.2 Å². The third kappa shape index (κ3) is 2.96. The molecular formula is C20H17NO4. The summed E-state index contributed by atoms with van der Waals surface area (Å²) >= 11 is 0. The fourth-order valence-corrected chi connectivity index (χ4v) is 2.72. The highest BCUT2D eigenvalue weighted by atomic mass is 16.5. The van der Waals surface area contributed by atoms with Crippen molar-refractivity contribution in [1.82, 2.24) is 4.98 Å². The number of rotatable bonds is 4. The molecule has 0 unspecified atom stereocenters. The molecule has 2 heterocycles. The zero-order valence-corrected chi connectivity index (χ0v) is 13.9. The van der Waals surface area contributed by atoms with Gasteiger partial charge in [-0.3, -0.25) is 0 Å². The summed E-state index contributed by atoms with van der Waals surface area (Å²) < 4.78 is 17.0. The van der Waals surface area contributed by atoms with Crippen LogP contribution in [0.25, 0.3) is 22.4 Å². The highest BCUT2D eigenvalue weighted by Crippen LogP contribution is 2.33. The van der Waals surface area contributed by atoms with Gasteiger partial charge < -0.3 is 18.7 Å². The van der Waals surface area contributed by atoms with Crippen LogP contribution < -0.4 is 4.74 Å². The van der Waals surface area contributed by atoms with Crippen LogP contribution in [0.3, 0.4) is 0 Å². The van der Waals surface area contributed by atoms with Gasteiger partial charge in [-0.2, -0.15) is 0 Å². The molecule has 0 aliphatic rings. The van der Waals surface area contributed by atoms with E-state index in [9.17, 15) is 5.11 Å². The maximum Gasteiger partial charge on any atom is 0.226 e. The summed E-state index contributed by atoms with van der Waals surface area (Å²) in [7, 11) is 0. The van der Waals surface area contributed by atoms with Gasteiger partial charge in [0, 0.05) is 17.0 Å². The predicted molar refractivity (Wildman–Crippen MR) is 93.6 cm³/mol. The number of aryl methyl sites for hydroxylation is 2. The standard InChI is InChI=1S/C20H17NO4/c1-12-8-15-9-19(17(22)10-18(15)24-12)23-11-16-13(2)25-20(21-16)14-6-4-3-5-7-14/h3-10,22H,11H2,1-2H3. The number of hydrogen-bond acceptors (Lipinski definition) is 5. The van der Waals surface area contributed by atoms with E-state index in [0.29, 0.717) is 28.7 Å². The van der Waals surface area contributed by atoms with Crippen molar-refractivity contribution in [3.05, 3.63) is 65.7 Å². The highest BCUT2D eigenvalue weighted by molar-refractivity contribution is 5.81. The summed E-state index contributed by atoms with van der Waals surface area (Å²) in [6, 6.07) is 14.9. The Morgan fingerprint density at radius 2 is 1.84 bits per heavy atom. The number of aromatic hydroxyl groups is 1. The molecule has 1 N–H and O–H groups in total. The molecule has 0 saturated heterocycles. The normalized spacial score (nSPS) is 11.1. The zero-order valence-electron chi connectivity index (χ0n) is 13.9. The van der Waals surface area contributed by atoms with Crippen molar-refractivity contribution in [1.29, 1.82) is 0 Å². The quantitative estimate of drug-likeness (QED) is 0.569. The summed E-state index contributed by atoms with van der Waals surface area (Å²) in [6.07, 6.45) is 0. The summed E-state index contributed by atoms with van der Waals surface area (Å²) in [5.41, 5.74) is 2.24. The third-order valence-electron chi connectivity index (χ3n) is 4.00. The van der Waals surface area contributed by atoms with E-state index in [-0.39, 0.29) is 12.4 Å². The van der Waals surface area contributed by atoms with E-state index in [1.54, 1.807) is 12.1 Å². The molecule has 0 spiro atoms. The molecule has 0 aliphatic carbocycles. The minimum Gasteiger partial charge on any atom is -0.504 e. The van der Waals surface area contributed by atoms with Crippen LogP contribution in [-0.4, -0.2) is 10.1 Å². The number of hydrogen-bond donors (Lipinski definition) is 1. The molecule has 5 nitrogen and oxygen atoms in total. The van der Waals surface area contributed by atoms with Crippen LogP contribution >= 0.6 is 0 Å². The van der Waals surface area contributed by atoms with E-state index in [2.05, 4.69) is 4.98 Å². The van der Waals surface area contributed by atoms with Gasteiger partial charge in [0.1, 0.15) is 29.4 Å². The monoisotopic (exact) mass is 335 g/mol. The van der Waals surface area contributed by atoms with Crippen molar-refractivity contribution in [2.45, 2.75) is 20.5 Å². The van der Waals surface area contributed by atoms with Gasteiger partial charge in [-0.05, 0) is 38.1 Å². The number of fused-ring (bicyclic) bond motifs is 1. The number of phenols is 1. The Hall–Kier alpha value is -3.21. The lowest BCUT2D eigenvalue weighted by Crippen LogP contribution is -1.98. The van der Waals surface area contributed by atoms with Gasteiger partial charge in [0.15, 0.2) is 11.5 Å². The minimum absolute atomic E-state index is 0.0336. The minimum atomic E-state index is 0.0336. The van der Waals surface area contributed by atoms with E-state index in [4.69, 9.17) is 13.6 Å². The molecule has 25 heavy (non-hydrogen) atoms. The van der Waals surface area contributed by atoms with Crippen molar-refractivity contribution in [2.24, 2.45) is 0 Å². The van der Waals surface area contributed by atoms with Crippen molar-refractivity contribution in [2.75, 3.05) is 0 Å². The summed E-state index contributed by atoms with van der Waals surface area (Å²) in [5, 5.41) is 11.0. The molecule has 0 amide bonds. The lowest BCUT2D eigenvalue weighted by atomic mass is 10.2. The largest absolute Gasteiger partial charge is 0.504 e. The van der Waals surface area contributed by atoms with Gasteiger partial charge in [-0.15, -0.1) is 0 Å². The zero-order chi connectivity index (χ0) is 17.4. The number of aromatic nitrogens is 1. The molecule has 126 valence electrons. The number of benzene rings is 2. The predicted octanol–water partition coefficient (Wildman–Crippen LogP) is 4.99. The molecule has 0 bridgehead atoms. The molecule has 0 fully saturated rings. The molecule has 4 rings (SSSR count). The SMILES string of the molecule is Cc1cc2cc(OCc3nc(-c4ccccc4)oc3C)c(O)cc2o1. The van der Waals surface area contributed by atoms with Crippen LogP contribution in [0.15, 0.2) is 57.4 Å². The Morgan fingerprint density at radius 1 is 1.04 bits per heavy atom. The Labute approximate surface area is 144 Å². The Kier molecular flexibility index (Phi) is 3.69. The maximum atomic E-state index is 10.1.